The van der Waals surface area contributed by atoms with E-state index in [4.69, 9.17) is 14.4 Å². The maximum absolute atomic E-state index is 6.83. The number of aromatic nitrogens is 2. The number of anilines is 3. The second-order valence-electron chi connectivity index (χ2n) is 16.5. The zero-order valence-corrected chi connectivity index (χ0v) is 35.8. The fourth-order valence-corrected chi connectivity index (χ4v) is 10.7. The van der Waals surface area contributed by atoms with E-state index >= 15 is 0 Å². The summed E-state index contributed by atoms with van der Waals surface area (Å²) in [7, 11) is 0. The quantitative estimate of drug-likeness (QED) is 0.160. The highest BCUT2D eigenvalue weighted by atomic mass is 32.1. The van der Waals surface area contributed by atoms with Gasteiger partial charge >= 0.3 is 0 Å². The van der Waals surface area contributed by atoms with Crippen LogP contribution in [0.3, 0.4) is 0 Å². The van der Waals surface area contributed by atoms with Crippen LogP contribution in [0.4, 0.5) is 17.1 Å². The molecule has 304 valence electrons. The van der Waals surface area contributed by atoms with E-state index in [0.717, 1.165) is 89.0 Å². The Morgan fingerprint density at radius 2 is 1.02 bits per heavy atom. The first-order valence-corrected chi connectivity index (χ1v) is 22.7. The van der Waals surface area contributed by atoms with Gasteiger partial charge in [-0.1, -0.05) is 158 Å². The van der Waals surface area contributed by atoms with Crippen LogP contribution in [0, 0.1) is 0 Å². The van der Waals surface area contributed by atoms with E-state index in [0.29, 0.717) is 5.82 Å². The van der Waals surface area contributed by atoms with E-state index in [9.17, 15) is 0 Å². The lowest BCUT2D eigenvalue weighted by molar-refractivity contribution is 0.673. The molecule has 0 atom stereocenters. The van der Waals surface area contributed by atoms with Crippen LogP contribution in [0.1, 0.15) is 0 Å². The first-order valence-electron chi connectivity index (χ1n) is 21.9. The molecule has 0 amide bonds. The molecular weight excluding hydrogens is 811 g/mol. The van der Waals surface area contributed by atoms with E-state index in [-0.39, 0.29) is 0 Å². The standard InChI is InChI=1S/C60H37N3OS/c1-3-15-40(16-4-1)53-37-54(42-27-26-38-14-7-8-17-41(38)34-42)62-60(61-53)52-36-51-47-20-9-11-24-55(47)64-59(51)58-46(22-13-23-50(52)58)39-28-30-44(31-29-39)63(43-18-5-2-6-19-43)45-32-33-49-48-21-10-12-25-56(48)65-57(49)35-45/h1-37H. The summed E-state index contributed by atoms with van der Waals surface area (Å²) in [5.41, 5.74) is 11.9. The fraction of sp³-hybridized carbons (Fsp3) is 0. The Morgan fingerprint density at radius 3 is 1.86 bits per heavy atom. The van der Waals surface area contributed by atoms with Crippen LogP contribution in [-0.4, -0.2) is 9.97 Å². The molecule has 0 saturated carbocycles. The molecule has 5 heteroatoms. The Labute approximate surface area is 378 Å². The average Bonchev–Trinajstić information content (AvgIpc) is 3.95. The third kappa shape index (κ3) is 6.36. The van der Waals surface area contributed by atoms with Gasteiger partial charge in [0.15, 0.2) is 5.82 Å². The Hall–Kier alpha value is -8.38. The summed E-state index contributed by atoms with van der Waals surface area (Å²) in [6, 6.07) is 79.7. The smallest absolute Gasteiger partial charge is 0.161 e. The highest BCUT2D eigenvalue weighted by Gasteiger charge is 2.22. The van der Waals surface area contributed by atoms with Crippen LogP contribution >= 0.6 is 11.3 Å². The first kappa shape index (κ1) is 37.2. The molecule has 0 fully saturated rings. The van der Waals surface area contributed by atoms with Crippen molar-refractivity contribution in [2.75, 3.05) is 4.90 Å². The Balaban J connectivity index is 0.997. The third-order valence-corrected chi connectivity index (χ3v) is 13.8. The predicted molar refractivity (Wildman–Crippen MR) is 274 cm³/mol. The Morgan fingerprint density at radius 1 is 0.369 bits per heavy atom. The van der Waals surface area contributed by atoms with Gasteiger partial charge in [-0.25, -0.2) is 9.97 Å². The summed E-state index contributed by atoms with van der Waals surface area (Å²) in [4.78, 5) is 13.1. The Kier molecular flexibility index (Phi) is 8.68. The van der Waals surface area contributed by atoms with E-state index in [2.05, 4.69) is 217 Å². The molecule has 0 radical (unpaired) electrons. The minimum atomic E-state index is 0.660. The zero-order valence-electron chi connectivity index (χ0n) is 35.0. The van der Waals surface area contributed by atoms with Crippen molar-refractivity contribution in [3.8, 4) is 45.0 Å². The summed E-state index contributed by atoms with van der Waals surface area (Å²) in [6.45, 7) is 0. The normalized spacial score (nSPS) is 11.7. The van der Waals surface area contributed by atoms with E-state index in [1.807, 2.05) is 23.5 Å². The van der Waals surface area contributed by atoms with Crippen LogP contribution in [-0.2, 0) is 0 Å². The summed E-state index contributed by atoms with van der Waals surface area (Å²) in [5, 5.41) is 9.08. The van der Waals surface area contributed by atoms with Crippen molar-refractivity contribution in [2.45, 2.75) is 0 Å². The number of rotatable bonds is 7. The van der Waals surface area contributed by atoms with Gasteiger partial charge in [-0.2, -0.15) is 0 Å². The number of para-hydroxylation sites is 2. The molecule has 0 spiro atoms. The van der Waals surface area contributed by atoms with E-state index < -0.39 is 0 Å². The molecule has 0 bridgehead atoms. The van der Waals surface area contributed by atoms with Gasteiger partial charge < -0.3 is 9.32 Å². The highest BCUT2D eigenvalue weighted by Crippen LogP contribution is 2.45. The second-order valence-corrected chi connectivity index (χ2v) is 17.6. The summed E-state index contributed by atoms with van der Waals surface area (Å²) in [6.07, 6.45) is 0. The number of nitrogens with zero attached hydrogens (tertiary/aromatic N) is 3. The van der Waals surface area contributed by atoms with E-state index in [1.54, 1.807) is 0 Å². The lowest BCUT2D eigenvalue weighted by Crippen LogP contribution is -2.09. The summed E-state index contributed by atoms with van der Waals surface area (Å²) in [5.74, 6) is 0.660. The van der Waals surface area contributed by atoms with Crippen molar-refractivity contribution < 1.29 is 4.42 Å². The molecule has 10 aromatic carbocycles. The number of hydrogen-bond donors (Lipinski definition) is 0. The molecule has 0 aliphatic carbocycles. The third-order valence-electron chi connectivity index (χ3n) is 12.7. The molecule has 65 heavy (non-hydrogen) atoms. The summed E-state index contributed by atoms with van der Waals surface area (Å²) < 4.78 is 9.40. The number of fused-ring (bicyclic) bond motifs is 9. The first-order chi connectivity index (χ1) is 32.2. The van der Waals surface area contributed by atoms with Crippen molar-refractivity contribution in [1.82, 2.24) is 9.97 Å². The number of hydrogen-bond acceptors (Lipinski definition) is 5. The summed E-state index contributed by atoms with van der Waals surface area (Å²) >= 11 is 1.84. The fourth-order valence-electron chi connectivity index (χ4n) is 9.55. The largest absolute Gasteiger partial charge is 0.455 e. The Bertz CT molecular complexity index is 3950. The molecular formula is C60H37N3OS. The molecule has 0 N–H and O–H groups in total. The SMILES string of the molecule is c1ccc(-c2cc(-c3ccc4ccccc4c3)nc(-c3cc4c5ccccc5oc4c4c(-c5ccc(N(c6ccccc6)c6ccc7c(c6)sc6ccccc67)cc5)cccc34)n2)cc1. The molecule has 13 aromatic rings. The van der Waals surface area contributed by atoms with Gasteiger partial charge in [0.1, 0.15) is 11.2 Å². The molecule has 3 heterocycles. The molecule has 0 aliphatic rings. The topological polar surface area (TPSA) is 42.2 Å². The van der Waals surface area contributed by atoms with Gasteiger partial charge in [0, 0.05) is 70.1 Å². The van der Waals surface area contributed by atoms with Crippen molar-refractivity contribution in [3.05, 3.63) is 224 Å². The number of benzene rings is 10. The second kappa shape index (κ2) is 15.2. The van der Waals surface area contributed by atoms with Gasteiger partial charge in [0.25, 0.3) is 0 Å². The molecule has 3 aromatic heterocycles. The van der Waals surface area contributed by atoms with Crippen molar-refractivity contribution in [1.29, 1.82) is 0 Å². The molecule has 0 unspecified atom stereocenters. The lowest BCUT2D eigenvalue weighted by Gasteiger charge is -2.26. The van der Waals surface area contributed by atoms with Gasteiger partial charge in [-0.05, 0) is 94.0 Å². The maximum atomic E-state index is 6.83. The van der Waals surface area contributed by atoms with Gasteiger partial charge in [-0.3, -0.25) is 0 Å². The van der Waals surface area contributed by atoms with Crippen LogP contribution in [0.25, 0.3) is 109 Å². The minimum absolute atomic E-state index is 0.660. The molecule has 13 rings (SSSR count). The lowest BCUT2D eigenvalue weighted by atomic mass is 9.92. The minimum Gasteiger partial charge on any atom is -0.455 e. The highest BCUT2D eigenvalue weighted by molar-refractivity contribution is 7.25. The molecule has 0 saturated heterocycles. The average molecular weight is 848 g/mol. The van der Waals surface area contributed by atoms with E-state index in [1.165, 1.54) is 30.9 Å². The van der Waals surface area contributed by atoms with Gasteiger partial charge in [0.05, 0.1) is 11.4 Å². The van der Waals surface area contributed by atoms with Crippen molar-refractivity contribution >= 4 is 92.1 Å². The van der Waals surface area contributed by atoms with Gasteiger partial charge in [0.2, 0.25) is 0 Å². The maximum Gasteiger partial charge on any atom is 0.161 e. The van der Waals surface area contributed by atoms with Crippen molar-refractivity contribution in [3.63, 3.8) is 0 Å². The molecule has 4 nitrogen and oxygen atoms in total. The van der Waals surface area contributed by atoms with Crippen LogP contribution in [0.5, 0.6) is 0 Å². The van der Waals surface area contributed by atoms with Gasteiger partial charge in [-0.15, -0.1) is 11.3 Å². The predicted octanol–water partition coefficient (Wildman–Crippen LogP) is 17.2. The van der Waals surface area contributed by atoms with Crippen molar-refractivity contribution in [2.24, 2.45) is 0 Å². The van der Waals surface area contributed by atoms with Crippen LogP contribution in [0.15, 0.2) is 229 Å². The monoisotopic (exact) mass is 847 g/mol. The van der Waals surface area contributed by atoms with Crippen LogP contribution < -0.4 is 4.90 Å². The number of furan rings is 1. The molecule has 0 aliphatic heterocycles. The zero-order chi connectivity index (χ0) is 42.8. The van der Waals surface area contributed by atoms with Crippen LogP contribution in [0.2, 0.25) is 0 Å². The number of thiophene rings is 1.